The maximum atomic E-state index is 9.86. The number of aliphatic hydroxyl groups excluding tert-OH is 1. The summed E-state index contributed by atoms with van der Waals surface area (Å²) in [5.74, 6) is 6.09. The quantitative estimate of drug-likeness (QED) is 0.435. The lowest BCUT2D eigenvalue weighted by Crippen LogP contribution is -2.40. The maximum Gasteiger partial charge on any atom is 0.192 e. The monoisotopic (exact) mass is 342 g/mol. The van der Waals surface area contributed by atoms with E-state index in [4.69, 9.17) is 13.9 Å². The fraction of sp³-hybridized carbons (Fsp3) is 0.889. The van der Waals surface area contributed by atoms with E-state index in [2.05, 4.69) is 45.7 Å². The van der Waals surface area contributed by atoms with E-state index >= 15 is 0 Å². The summed E-state index contributed by atoms with van der Waals surface area (Å²) in [7, 11) is -1.67. The van der Waals surface area contributed by atoms with Crippen LogP contribution in [0.4, 0.5) is 0 Å². The molecule has 0 amide bonds. The van der Waals surface area contributed by atoms with Crippen LogP contribution in [0.3, 0.4) is 0 Å². The summed E-state index contributed by atoms with van der Waals surface area (Å²) < 4.78 is 17.1. The summed E-state index contributed by atoms with van der Waals surface area (Å²) in [5.41, 5.74) is 0. The van der Waals surface area contributed by atoms with Gasteiger partial charge in [-0.15, -0.1) is 11.8 Å². The average Bonchev–Trinajstić information content (AvgIpc) is 2.48. The molecular weight excluding hydrogens is 308 g/mol. The second-order valence-electron chi connectivity index (χ2n) is 7.70. The number of rotatable bonds is 7. The summed E-state index contributed by atoms with van der Waals surface area (Å²) >= 11 is 0. The van der Waals surface area contributed by atoms with Gasteiger partial charge >= 0.3 is 0 Å². The molecule has 0 aromatic heterocycles. The minimum atomic E-state index is -1.67. The van der Waals surface area contributed by atoms with E-state index in [0.717, 1.165) is 25.9 Å². The van der Waals surface area contributed by atoms with Crippen LogP contribution in [0.2, 0.25) is 18.1 Å². The standard InChI is InChI=1S/C18H34O4Si/c1-18(2,3)23(4,5)22-14-9-6-7-11-16(19)15-21-17-12-8-10-13-20-17/h16-17,19H,8-15H2,1-5H3/t16-,17?/m1/s1. The van der Waals surface area contributed by atoms with Gasteiger partial charge in [-0.2, -0.15) is 0 Å². The van der Waals surface area contributed by atoms with Crippen molar-refractivity contribution in [1.29, 1.82) is 0 Å². The highest BCUT2D eigenvalue weighted by molar-refractivity contribution is 6.74. The van der Waals surface area contributed by atoms with Crippen molar-refractivity contribution in [2.24, 2.45) is 0 Å². The summed E-state index contributed by atoms with van der Waals surface area (Å²) in [6.07, 6.45) is 3.61. The van der Waals surface area contributed by atoms with Gasteiger partial charge in [-0.05, 0) is 37.4 Å². The second-order valence-corrected chi connectivity index (χ2v) is 12.5. The van der Waals surface area contributed by atoms with Crippen LogP contribution in [0, 0.1) is 11.8 Å². The molecule has 1 unspecified atom stereocenters. The van der Waals surface area contributed by atoms with Crippen molar-refractivity contribution in [3.63, 3.8) is 0 Å². The Kier molecular flexibility index (Phi) is 8.81. The summed E-state index contributed by atoms with van der Waals surface area (Å²) in [6.45, 7) is 12.9. The van der Waals surface area contributed by atoms with Crippen LogP contribution in [0.25, 0.3) is 0 Å². The van der Waals surface area contributed by atoms with Crippen molar-refractivity contribution in [3.05, 3.63) is 0 Å². The summed E-state index contributed by atoms with van der Waals surface area (Å²) in [4.78, 5) is 0. The third kappa shape index (κ3) is 8.32. The Morgan fingerprint density at radius 3 is 2.61 bits per heavy atom. The third-order valence-corrected chi connectivity index (χ3v) is 9.11. The molecule has 0 aromatic rings. The van der Waals surface area contributed by atoms with E-state index in [1.807, 2.05) is 0 Å². The first-order valence-corrected chi connectivity index (χ1v) is 11.6. The molecule has 1 N–H and O–H groups in total. The topological polar surface area (TPSA) is 47.9 Å². The van der Waals surface area contributed by atoms with Crippen LogP contribution >= 0.6 is 0 Å². The van der Waals surface area contributed by atoms with Crippen molar-refractivity contribution >= 4 is 8.32 Å². The van der Waals surface area contributed by atoms with E-state index in [1.54, 1.807) is 0 Å². The van der Waals surface area contributed by atoms with E-state index in [1.165, 1.54) is 0 Å². The zero-order valence-electron chi connectivity index (χ0n) is 15.5. The molecule has 0 radical (unpaired) electrons. The van der Waals surface area contributed by atoms with Gasteiger partial charge < -0.3 is 19.0 Å². The van der Waals surface area contributed by atoms with Crippen LogP contribution in [-0.4, -0.2) is 45.6 Å². The highest BCUT2D eigenvalue weighted by atomic mass is 28.4. The summed E-state index contributed by atoms with van der Waals surface area (Å²) in [5, 5.41) is 10.1. The van der Waals surface area contributed by atoms with Crippen LogP contribution in [0.15, 0.2) is 0 Å². The molecule has 0 spiro atoms. The first kappa shape index (κ1) is 20.7. The number of ether oxygens (including phenoxy) is 2. The molecule has 1 heterocycles. The first-order valence-electron chi connectivity index (χ1n) is 8.73. The lowest BCUT2D eigenvalue weighted by Gasteiger charge is -2.35. The molecule has 1 aliphatic heterocycles. The molecule has 1 aliphatic rings. The Morgan fingerprint density at radius 1 is 1.26 bits per heavy atom. The SMILES string of the molecule is CC(C)(C)[Si](C)(C)OCCC#CC[C@@H](O)COC1CCCCO1. The average molecular weight is 343 g/mol. The van der Waals surface area contributed by atoms with Gasteiger partial charge in [0.05, 0.1) is 12.7 Å². The predicted molar refractivity (Wildman–Crippen MR) is 95.7 cm³/mol. The predicted octanol–water partition coefficient (Wildman–Crippen LogP) is 3.70. The van der Waals surface area contributed by atoms with Crippen LogP contribution in [0.1, 0.15) is 52.9 Å². The molecule has 1 rings (SSSR count). The number of aliphatic hydroxyl groups is 1. The molecule has 1 fully saturated rings. The zero-order valence-corrected chi connectivity index (χ0v) is 16.5. The fourth-order valence-electron chi connectivity index (χ4n) is 1.97. The normalized spacial score (nSPS) is 20.7. The van der Waals surface area contributed by atoms with Crippen molar-refractivity contribution in [2.45, 2.75) is 83.4 Å². The van der Waals surface area contributed by atoms with Gasteiger partial charge in [0.2, 0.25) is 0 Å². The lowest BCUT2D eigenvalue weighted by molar-refractivity contribution is -0.174. The van der Waals surface area contributed by atoms with Gasteiger partial charge in [0.1, 0.15) is 0 Å². The molecule has 2 atom stereocenters. The molecule has 23 heavy (non-hydrogen) atoms. The Morgan fingerprint density at radius 2 is 2.00 bits per heavy atom. The van der Waals surface area contributed by atoms with Crippen LogP contribution < -0.4 is 0 Å². The van der Waals surface area contributed by atoms with Gasteiger partial charge in [-0.1, -0.05) is 20.8 Å². The number of hydrogen-bond acceptors (Lipinski definition) is 4. The molecule has 0 bridgehead atoms. The van der Waals surface area contributed by atoms with Crippen molar-refractivity contribution in [2.75, 3.05) is 19.8 Å². The first-order chi connectivity index (χ1) is 10.7. The van der Waals surface area contributed by atoms with E-state index < -0.39 is 14.4 Å². The Hall–Kier alpha value is -0.383. The van der Waals surface area contributed by atoms with Gasteiger partial charge in [-0.3, -0.25) is 0 Å². The maximum absolute atomic E-state index is 9.86. The molecule has 1 saturated heterocycles. The third-order valence-electron chi connectivity index (χ3n) is 4.57. The van der Waals surface area contributed by atoms with Gasteiger partial charge in [-0.25, -0.2) is 0 Å². The highest BCUT2D eigenvalue weighted by Gasteiger charge is 2.36. The molecule has 0 aliphatic carbocycles. The Bertz CT molecular complexity index is 386. The minimum Gasteiger partial charge on any atom is -0.416 e. The lowest BCUT2D eigenvalue weighted by atomic mass is 10.2. The Balaban J connectivity index is 2.12. The van der Waals surface area contributed by atoms with Crippen molar-refractivity contribution in [1.82, 2.24) is 0 Å². The fourth-order valence-corrected chi connectivity index (χ4v) is 3.02. The zero-order chi connectivity index (χ0) is 17.3. The van der Waals surface area contributed by atoms with Gasteiger partial charge in [0, 0.05) is 26.1 Å². The highest BCUT2D eigenvalue weighted by Crippen LogP contribution is 2.36. The molecule has 134 valence electrons. The second kappa shape index (κ2) is 9.80. The van der Waals surface area contributed by atoms with Crippen molar-refractivity contribution < 1.29 is 19.0 Å². The summed E-state index contributed by atoms with van der Waals surface area (Å²) in [6, 6.07) is 0. The Labute approximate surface area is 143 Å². The van der Waals surface area contributed by atoms with Crippen LogP contribution in [-0.2, 0) is 13.9 Å². The molecule has 4 nitrogen and oxygen atoms in total. The van der Waals surface area contributed by atoms with E-state index in [9.17, 15) is 5.11 Å². The van der Waals surface area contributed by atoms with Crippen molar-refractivity contribution in [3.8, 4) is 11.8 Å². The molecular formula is C18H34O4Si. The number of hydrogen-bond donors (Lipinski definition) is 1. The smallest absolute Gasteiger partial charge is 0.192 e. The van der Waals surface area contributed by atoms with Gasteiger partial charge in [0.15, 0.2) is 14.6 Å². The van der Waals surface area contributed by atoms with E-state index in [0.29, 0.717) is 26.1 Å². The molecule has 5 heteroatoms. The largest absolute Gasteiger partial charge is 0.416 e. The molecule has 0 saturated carbocycles. The van der Waals surface area contributed by atoms with Gasteiger partial charge in [0.25, 0.3) is 0 Å². The molecule has 0 aromatic carbocycles. The minimum absolute atomic E-state index is 0.149. The van der Waals surface area contributed by atoms with Crippen LogP contribution in [0.5, 0.6) is 0 Å². The van der Waals surface area contributed by atoms with E-state index in [-0.39, 0.29) is 11.3 Å².